The Hall–Kier alpha value is -1.48. The first-order chi connectivity index (χ1) is 9.63. The summed E-state index contributed by atoms with van der Waals surface area (Å²) in [7, 11) is 0. The minimum atomic E-state index is 0.274. The average molecular weight is 332 g/mol. The molecule has 3 rings (SSSR count). The Balaban J connectivity index is 1.78. The van der Waals surface area contributed by atoms with Crippen molar-refractivity contribution in [1.82, 2.24) is 0 Å². The Morgan fingerprint density at radius 1 is 1.20 bits per heavy atom. The van der Waals surface area contributed by atoms with Gasteiger partial charge in [0.05, 0.1) is 6.61 Å². The minimum Gasteiger partial charge on any atom is -0.493 e. The number of fused-ring (bicyclic) bond motifs is 1. The predicted octanol–water partition coefficient (Wildman–Crippen LogP) is 4.87. The van der Waals surface area contributed by atoms with E-state index in [1.165, 1.54) is 16.7 Å². The van der Waals surface area contributed by atoms with Crippen molar-refractivity contribution in [3.05, 3.63) is 57.6 Å². The summed E-state index contributed by atoms with van der Waals surface area (Å²) < 4.78 is 6.69. The summed E-state index contributed by atoms with van der Waals surface area (Å²) in [4.78, 5) is 0. The Bertz CT molecular complexity index is 639. The average Bonchev–Trinajstić information content (AvgIpc) is 2.90. The monoisotopic (exact) mass is 331 g/mol. The molecule has 2 aromatic rings. The Kier molecular flexibility index (Phi) is 3.70. The van der Waals surface area contributed by atoms with Gasteiger partial charge in [-0.15, -0.1) is 0 Å². The fourth-order valence-electron chi connectivity index (χ4n) is 2.49. The molecular weight excluding hydrogens is 314 g/mol. The number of hydrogen-bond donors (Lipinski definition) is 1. The minimum absolute atomic E-state index is 0.274. The zero-order valence-electron chi connectivity index (χ0n) is 11.7. The number of anilines is 1. The van der Waals surface area contributed by atoms with Gasteiger partial charge in [0.2, 0.25) is 0 Å². The van der Waals surface area contributed by atoms with E-state index >= 15 is 0 Å². The van der Waals surface area contributed by atoms with Gasteiger partial charge in [0.15, 0.2) is 0 Å². The van der Waals surface area contributed by atoms with Gasteiger partial charge in [0.1, 0.15) is 5.75 Å². The lowest BCUT2D eigenvalue weighted by Gasteiger charge is -2.17. The van der Waals surface area contributed by atoms with Gasteiger partial charge in [-0.05, 0) is 54.8 Å². The molecule has 0 saturated carbocycles. The maximum atomic E-state index is 5.55. The lowest BCUT2D eigenvalue weighted by molar-refractivity contribution is 0.357. The number of rotatable bonds is 3. The topological polar surface area (TPSA) is 21.3 Å². The number of benzene rings is 2. The summed E-state index contributed by atoms with van der Waals surface area (Å²) in [5.74, 6) is 1.04. The van der Waals surface area contributed by atoms with Crippen LogP contribution in [0.1, 0.15) is 29.7 Å². The highest BCUT2D eigenvalue weighted by Gasteiger charge is 2.14. The second-order valence-corrected chi connectivity index (χ2v) is 6.15. The van der Waals surface area contributed by atoms with Crippen molar-refractivity contribution in [3.8, 4) is 5.75 Å². The molecule has 0 radical (unpaired) electrons. The smallest absolute Gasteiger partial charge is 0.122 e. The van der Waals surface area contributed by atoms with Crippen molar-refractivity contribution in [2.45, 2.75) is 26.3 Å². The molecule has 0 aliphatic carbocycles. The molecule has 0 spiro atoms. The number of aryl methyl sites for hydroxylation is 1. The first-order valence-electron chi connectivity index (χ1n) is 6.92. The number of nitrogens with one attached hydrogen (secondary N) is 1. The van der Waals surface area contributed by atoms with Crippen LogP contribution in [0.2, 0.25) is 0 Å². The lowest BCUT2D eigenvalue weighted by atomic mass is 10.0. The molecule has 1 atom stereocenters. The van der Waals surface area contributed by atoms with E-state index in [1.807, 2.05) is 0 Å². The quantitative estimate of drug-likeness (QED) is 0.866. The molecule has 20 heavy (non-hydrogen) atoms. The molecule has 0 bridgehead atoms. The van der Waals surface area contributed by atoms with Crippen LogP contribution >= 0.6 is 15.9 Å². The van der Waals surface area contributed by atoms with E-state index in [-0.39, 0.29) is 6.04 Å². The molecule has 2 nitrogen and oxygen atoms in total. The third kappa shape index (κ3) is 2.68. The second-order valence-electron chi connectivity index (χ2n) is 5.30. The normalized spacial score (nSPS) is 14.6. The van der Waals surface area contributed by atoms with E-state index in [0.29, 0.717) is 0 Å². The van der Waals surface area contributed by atoms with Gasteiger partial charge in [0.25, 0.3) is 0 Å². The van der Waals surface area contributed by atoms with Gasteiger partial charge in [-0.1, -0.05) is 28.1 Å². The lowest BCUT2D eigenvalue weighted by Crippen LogP contribution is -2.06. The highest BCUT2D eigenvalue weighted by molar-refractivity contribution is 9.10. The summed E-state index contributed by atoms with van der Waals surface area (Å²) in [6.45, 7) is 5.09. The van der Waals surface area contributed by atoms with Gasteiger partial charge in [-0.3, -0.25) is 0 Å². The third-order valence-electron chi connectivity index (χ3n) is 3.77. The maximum absolute atomic E-state index is 5.55. The number of halogens is 1. The summed E-state index contributed by atoms with van der Waals surface area (Å²) in [5.41, 5.74) is 5.00. The number of hydrogen-bond acceptors (Lipinski definition) is 2. The molecular formula is C17H18BrNO. The van der Waals surface area contributed by atoms with Crippen molar-refractivity contribution in [2.75, 3.05) is 11.9 Å². The molecule has 0 saturated heterocycles. The van der Waals surface area contributed by atoms with Crippen LogP contribution in [0.3, 0.4) is 0 Å². The fourth-order valence-corrected chi connectivity index (χ4v) is 2.87. The van der Waals surface area contributed by atoms with Crippen LogP contribution in [0.4, 0.5) is 5.69 Å². The first-order valence-corrected chi connectivity index (χ1v) is 7.71. The predicted molar refractivity (Wildman–Crippen MR) is 86.6 cm³/mol. The van der Waals surface area contributed by atoms with Crippen molar-refractivity contribution < 1.29 is 4.74 Å². The molecule has 0 aromatic heterocycles. The molecule has 0 fully saturated rings. The van der Waals surface area contributed by atoms with Crippen LogP contribution in [0.15, 0.2) is 40.9 Å². The van der Waals surface area contributed by atoms with Crippen molar-refractivity contribution in [2.24, 2.45) is 0 Å². The van der Waals surface area contributed by atoms with Crippen LogP contribution in [0.5, 0.6) is 5.75 Å². The second kappa shape index (κ2) is 5.49. The zero-order valence-corrected chi connectivity index (χ0v) is 13.3. The van der Waals surface area contributed by atoms with E-state index in [0.717, 1.165) is 28.9 Å². The van der Waals surface area contributed by atoms with Crippen molar-refractivity contribution in [3.63, 3.8) is 0 Å². The third-order valence-corrected chi connectivity index (χ3v) is 4.62. The van der Waals surface area contributed by atoms with Gasteiger partial charge in [-0.2, -0.15) is 0 Å². The van der Waals surface area contributed by atoms with Crippen LogP contribution in [-0.4, -0.2) is 6.61 Å². The van der Waals surface area contributed by atoms with E-state index in [2.05, 4.69) is 71.5 Å². The SMILES string of the molecule is Cc1ccc(NC(C)c2ccc3c(c2)CCO3)cc1Br. The van der Waals surface area contributed by atoms with Gasteiger partial charge in [-0.25, -0.2) is 0 Å². The summed E-state index contributed by atoms with van der Waals surface area (Å²) in [6, 6.07) is 13.1. The van der Waals surface area contributed by atoms with Gasteiger partial charge in [0, 0.05) is 22.6 Å². The molecule has 1 aliphatic heterocycles. The van der Waals surface area contributed by atoms with Crippen LogP contribution in [0, 0.1) is 6.92 Å². The van der Waals surface area contributed by atoms with E-state index in [4.69, 9.17) is 4.74 Å². The maximum Gasteiger partial charge on any atom is 0.122 e. The largest absolute Gasteiger partial charge is 0.493 e. The Morgan fingerprint density at radius 3 is 2.85 bits per heavy atom. The molecule has 2 aromatic carbocycles. The first kappa shape index (κ1) is 13.5. The van der Waals surface area contributed by atoms with E-state index in [9.17, 15) is 0 Å². The molecule has 1 aliphatic rings. The van der Waals surface area contributed by atoms with E-state index < -0.39 is 0 Å². The molecule has 3 heteroatoms. The standard InChI is InChI=1S/C17H18BrNO/c1-11-3-5-15(10-16(11)18)19-12(2)13-4-6-17-14(9-13)7-8-20-17/h3-6,9-10,12,19H,7-8H2,1-2H3. The molecule has 1 heterocycles. The van der Waals surface area contributed by atoms with Crippen molar-refractivity contribution >= 4 is 21.6 Å². The molecule has 104 valence electrons. The highest BCUT2D eigenvalue weighted by atomic mass is 79.9. The Labute approximate surface area is 128 Å². The highest BCUT2D eigenvalue weighted by Crippen LogP contribution is 2.30. The summed E-state index contributed by atoms with van der Waals surface area (Å²) >= 11 is 3.58. The zero-order chi connectivity index (χ0) is 14.1. The summed E-state index contributed by atoms with van der Waals surface area (Å²) in [6.07, 6.45) is 1.02. The summed E-state index contributed by atoms with van der Waals surface area (Å²) in [5, 5.41) is 3.55. The molecule has 0 amide bonds. The van der Waals surface area contributed by atoms with Crippen LogP contribution < -0.4 is 10.1 Å². The molecule has 1 N–H and O–H groups in total. The van der Waals surface area contributed by atoms with Crippen LogP contribution in [-0.2, 0) is 6.42 Å². The van der Waals surface area contributed by atoms with Crippen LogP contribution in [0.25, 0.3) is 0 Å². The van der Waals surface area contributed by atoms with Crippen molar-refractivity contribution in [1.29, 1.82) is 0 Å². The molecule has 1 unspecified atom stereocenters. The Morgan fingerprint density at radius 2 is 2.05 bits per heavy atom. The fraction of sp³-hybridized carbons (Fsp3) is 0.294. The van der Waals surface area contributed by atoms with Gasteiger partial charge >= 0.3 is 0 Å². The number of ether oxygens (including phenoxy) is 1. The van der Waals surface area contributed by atoms with E-state index in [1.54, 1.807) is 0 Å². The van der Waals surface area contributed by atoms with Gasteiger partial charge < -0.3 is 10.1 Å².